The molecule has 1 aliphatic carbocycles. The number of rotatable bonds is 6. The fraction of sp³-hybridized carbons (Fsp3) is 0.429. The summed E-state index contributed by atoms with van der Waals surface area (Å²) in [5, 5.41) is 3.46. The molecule has 2 heteroatoms. The predicted octanol–water partition coefficient (Wildman–Crippen LogP) is 2.60. The van der Waals surface area contributed by atoms with E-state index >= 15 is 0 Å². The molecule has 0 amide bonds. The molecule has 1 fully saturated rings. The lowest BCUT2D eigenvalue weighted by Gasteiger charge is -2.01. The third-order valence-electron chi connectivity index (χ3n) is 2.67. The van der Waals surface area contributed by atoms with Gasteiger partial charge in [-0.3, -0.25) is 0 Å². The van der Waals surface area contributed by atoms with Crippen LogP contribution in [0.25, 0.3) is 6.08 Å². The van der Waals surface area contributed by atoms with Crippen LogP contribution in [0.5, 0.6) is 0 Å². The summed E-state index contributed by atoms with van der Waals surface area (Å²) in [6, 6.07) is 9.22. The van der Waals surface area contributed by atoms with Crippen molar-refractivity contribution < 1.29 is 4.74 Å². The van der Waals surface area contributed by atoms with Crippen LogP contribution in [0, 0.1) is 0 Å². The van der Waals surface area contributed by atoms with Gasteiger partial charge >= 0.3 is 0 Å². The average molecular weight is 217 g/mol. The molecule has 1 N–H and O–H groups in total. The highest BCUT2D eigenvalue weighted by molar-refractivity contribution is 5.50. The molecule has 2 nitrogen and oxygen atoms in total. The molecule has 0 atom stereocenters. The average Bonchev–Trinajstić information content (AvgIpc) is 3.09. The van der Waals surface area contributed by atoms with Gasteiger partial charge in [-0.1, -0.05) is 30.4 Å². The number of ether oxygens (including phenoxy) is 1. The van der Waals surface area contributed by atoms with Crippen LogP contribution in [-0.2, 0) is 11.3 Å². The van der Waals surface area contributed by atoms with E-state index in [9.17, 15) is 0 Å². The van der Waals surface area contributed by atoms with Crippen LogP contribution in [0.3, 0.4) is 0 Å². The van der Waals surface area contributed by atoms with Gasteiger partial charge in [0.25, 0.3) is 0 Å². The van der Waals surface area contributed by atoms with Gasteiger partial charge in [0.1, 0.15) is 0 Å². The first-order valence-corrected chi connectivity index (χ1v) is 5.86. The molecule has 1 aliphatic rings. The van der Waals surface area contributed by atoms with E-state index in [1.807, 2.05) is 0 Å². The van der Waals surface area contributed by atoms with Crippen molar-refractivity contribution in [2.75, 3.05) is 13.7 Å². The Hall–Kier alpha value is -1.12. The fourth-order valence-electron chi connectivity index (χ4n) is 1.67. The Balaban J connectivity index is 1.84. The van der Waals surface area contributed by atoms with Crippen molar-refractivity contribution in [3.05, 3.63) is 41.5 Å². The van der Waals surface area contributed by atoms with E-state index in [0.717, 1.165) is 12.6 Å². The maximum absolute atomic E-state index is 5.11. The van der Waals surface area contributed by atoms with Gasteiger partial charge in [0.2, 0.25) is 0 Å². The predicted molar refractivity (Wildman–Crippen MR) is 67.2 cm³/mol. The molecule has 0 bridgehead atoms. The molecule has 16 heavy (non-hydrogen) atoms. The van der Waals surface area contributed by atoms with Crippen LogP contribution < -0.4 is 5.32 Å². The lowest BCUT2D eigenvalue weighted by molar-refractivity contribution is 0.185. The number of benzene rings is 1. The zero-order chi connectivity index (χ0) is 11.2. The van der Waals surface area contributed by atoms with E-state index in [-0.39, 0.29) is 0 Å². The quantitative estimate of drug-likeness (QED) is 0.791. The Bertz CT molecular complexity index is 356. The zero-order valence-electron chi connectivity index (χ0n) is 9.78. The molecule has 0 saturated heterocycles. The molecular weight excluding hydrogens is 198 g/mol. The van der Waals surface area contributed by atoms with Crippen molar-refractivity contribution in [2.45, 2.75) is 25.5 Å². The topological polar surface area (TPSA) is 21.3 Å². The molecule has 0 aliphatic heterocycles. The Morgan fingerprint density at radius 2 is 2.31 bits per heavy atom. The van der Waals surface area contributed by atoms with Gasteiger partial charge in [0, 0.05) is 19.7 Å². The summed E-state index contributed by atoms with van der Waals surface area (Å²) in [4.78, 5) is 0. The maximum atomic E-state index is 5.11. The first-order chi connectivity index (χ1) is 7.88. The van der Waals surface area contributed by atoms with Crippen molar-refractivity contribution in [2.24, 2.45) is 0 Å². The minimum atomic E-state index is 0.683. The highest BCUT2D eigenvalue weighted by atomic mass is 16.5. The van der Waals surface area contributed by atoms with Gasteiger partial charge in [-0.25, -0.2) is 0 Å². The Morgan fingerprint density at radius 1 is 1.44 bits per heavy atom. The second kappa shape index (κ2) is 5.83. The van der Waals surface area contributed by atoms with Crippen molar-refractivity contribution in [3.63, 3.8) is 0 Å². The summed E-state index contributed by atoms with van der Waals surface area (Å²) >= 11 is 0. The van der Waals surface area contributed by atoms with Gasteiger partial charge in [0.05, 0.1) is 6.61 Å². The normalized spacial score (nSPS) is 15.8. The third-order valence-corrected chi connectivity index (χ3v) is 2.67. The van der Waals surface area contributed by atoms with Gasteiger partial charge in [-0.2, -0.15) is 0 Å². The summed E-state index contributed by atoms with van der Waals surface area (Å²) in [6.45, 7) is 1.65. The van der Waals surface area contributed by atoms with Crippen LogP contribution in [0.4, 0.5) is 0 Å². The van der Waals surface area contributed by atoms with Crippen molar-refractivity contribution in [1.29, 1.82) is 0 Å². The summed E-state index contributed by atoms with van der Waals surface area (Å²) in [5.41, 5.74) is 2.46. The number of nitrogens with one attached hydrogen (secondary N) is 1. The smallest absolute Gasteiger partial charge is 0.0713 e. The molecule has 0 aromatic heterocycles. The van der Waals surface area contributed by atoms with E-state index in [1.54, 1.807) is 7.11 Å². The Labute approximate surface area is 97.3 Å². The lowest BCUT2D eigenvalue weighted by atomic mass is 10.1. The number of hydrogen-bond donors (Lipinski definition) is 1. The monoisotopic (exact) mass is 217 g/mol. The van der Waals surface area contributed by atoms with E-state index < -0.39 is 0 Å². The summed E-state index contributed by atoms with van der Waals surface area (Å²) in [5.74, 6) is 0. The van der Waals surface area contributed by atoms with Crippen LogP contribution >= 0.6 is 0 Å². The standard InChI is InChI=1S/C14H19NO/c1-16-11-13-5-2-4-12(10-13)6-3-9-15-14-7-8-14/h2-6,10,14-15H,7-9,11H2,1H3. The van der Waals surface area contributed by atoms with Crippen molar-refractivity contribution in [1.82, 2.24) is 5.32 Å². The highest BCUT2D eigenvalue weighted by Crippen LogP contribution is 2.18. The second-order valence-corrected chi connectivity index (χ2v) is 4.26. The van der Waals surface area contributed by atoms with Gasteiger partial charge in [0.15, 0.2) is 0 Å². The largest absolute Gasteiger partial charge is 0.380 e. The van der Waals surface area contributed by atoms with Crippen LogP contribution in [0.1, 0.15) is 24.0 Å². The van der Waals surface area contributed by atoms with E-state index in [4.69, 9.17) is 4.74 Å². The molecule has 1 saturated carbocycles. The molecule has 0 heterocycles. The van der Waals surface area contributed by atoms with E-state index in [2.05, 4.69) is 41.7 Å². The Kier molecular flexibility index (Phi) is 4.14. The van der Waals surface area contributed by atoms with Gasteiger partial charge < -0.3 is 10.1 Å². The number of hydrogen-bond acceptors (Lipinski definition) is 2. The molecule has 0 radical (unpaired) electrons. The molecular formula is C14H19NO. The maximum Gasteiger partial charge on any atom is 0.0713 e. The number of methoxy groups -OCH3 is 1. The molecule has 0 unspecified atom stereocenters. The molecule has 0 spiro atoms. The SMILES string of the molecule is COCc1cccc(C=CCNC2CC2)c1. The van der Waals surface area contributed by atoms with E-state index in [0.29, 0.717) is 6.61 Å². The molecule has 86 valence electrons. The zero-order valence-corrected chi connectivity index (χ0v) is 9.78. The molecule has 1 aromatic carbocycles. The van der Waals surface area contributed by atoms with Gasteiger partial charge in [-0.15, -0.1) is 0 Å². The third kappa shape index (κ3) is 3.80. The minimum absolute atomic E-state index is 0.683. The van der Waals surface area contributed by atoms with Crippen LogP contribution in [-0.4, -0.2) is 19.7 Å². The first kappa shape index (κ1) is 11.4. The summed E-state index contributed by atoms with van der Waals surface area (Å²) < 4.78 is 5.11. The van der Waals surface area contributed by atoms with Crippen molar-refractivity contribution in [3.8, 4) is 0 Å². The second-order valence-electron chi connectivity index (χ2n) is 4.26. The lowest BCUT2D eigenvalue weighted by Crippen LogP contribution is -2.15. The van der Waals surface area contributed by atoms with Gasteiger partial charge in [-0.05, 0) is 30.0 Å². The van der Waals surface area contributed by atoms with Crippen LogP contribution in [0.15, 0.2) is 30.3 Å². The summed E-state index contributed by atoms with van der Waals surface area (Å²) in [6.07, 6.45) is 7.03. The molecule has 1 aromatic rings. The van der Waals surface area contributed by atoms with Crippen molar-refractivity contribution >= 4 is 6.08 Å². The minimum Gasteiger partial charge on any atom is -0.380 e. The molecule has 2 rings (SSSR count). The first-order valence-electron chi connectivity index (χ1n) is 5.86. The van der Waals surface area contributed by atoms with Crippen LogP contribution in [0.2, 0.25) is 0 Å². The Morgan fingerprint density at radius 3 is 3.06 bits per heavy atom. The fourth-order valence-corrected chi connectivity index (χ4v) is 1.67. The summed E-state index contributed by atoms with van der Waals surface area (Å²) in [7, 11) is 1.72. The van der Waals surface area contributed by atoms with E-state index in [1.165, 1.54) is 24.0 Å². The highest BCUT2D eigenvalue weighted by Gasteiger charge is 2.18.